The van der Waals surface area contributed by atoms with E-state index in [-0.39, 0.29) is 11.8 Å². The predicted octanol–water partition coefficient (Wildman–Crippen LogP) is 3.63. The molecule has 0 bridgehead atoms. The van der Waals surface area contributed by atoms with Crippen molar-refractivity contribution in [2.45, 2.75) is 26.3 Å². The topological polar surface area (TPSA) is 70.7 Å². The average Bonchev–Trinajstić information content (AvgIpc) is 2.78. The average molecular weight is 442 g/mol. The minimum absolute atomic E-state index is 0.197. The van der Waals surface area contributed by atoms with Gasteiger partial charge in [-0.05, 0) is 68.2 Å². The molecule has 0 aromatic heterocycles. The molecule has 2 amide bonds. The molecule has 1 aliphatic rings. The second-order valence-electron chi connectivity index (χ2n) is 7.76. The molecule has 1 heterocycles. The van der Waals surface area contributed by atoms with Gasteiger partial charge in [-0.3, -0.25) is 9.59 Å². The Morgan fingerprint density at radius 3 is 2.58 bits per heavy atom. The van der Waals surface area contributed by atoms with Gasteiger partial charge in [-0.15, -0.1) is 0 Å². The first kappa shape index (κ1) is 23.2. The summed E-state index contributed by atoms with van der Waals surface area (Å²) in [6.07, 6.45) is 2.56. The number of benzene rings is 2. The van der Waals surface area contributed by atoms with Crippen LogP contribution in [0.2, 0.25) is 0 Å². The third kappa shape index (κ3) is 6.48. The van der Waals surface area contributed by atoms with E-state index in [1.54, 1.807) is 17.8 Å². The van der Waals surface area contributed by atoms with Crippen molar-refractivity contribution >= 4 is 35.0 Å². The van der Waals surface area contributed by atoms with Crippen molar-refractivity contribution in [3.63, 3.8) is 0 Å². The van der Waals surface area contributed by atoms with Crippen LogP contribution in [0.4, 0.5) is 11.4 Å². The van der Waals surface area contributed by atoms with Gasteiger partial charge in [0.2, 0.25) is 5.91 Å². The fourth-order valence-corrected chi connectivity index (χ4v) is 4.03. The summed E-state index contributed by atoms with van der Waals surface area (Å²) in [4.78, 5) is 28.0. The molecule has 31 heavy (non-hydrogen) atoms. The molecule has 7 heteroatoms. The number of nitrogens with zero attached hydrogens (tertiary/aromatic N) is 1. The highest BCUT2D eigenvalue weighted by atomic mass is 32.2. The molecule has 2 aromatic rings. The number of aryl methyl sites for hydroxylation is 2. The van der Waals surface area contributed by atoms with Crippen LogP contribution in [-0.2, 0) is 9.53 Å². The fraction of sp³-hybridized carbons (Fsp3) is 0.417. The van der Waals surface area contributed by atoms with Gasteiger partial charge in [0.05, 0.1) is 13.2 Å². The van der Waals surface area contributed by atoms with E-state index in [9.17, 15) is 9.59 Å². The van der Waals surface area contributed by atoms with Gasteiger partial charge in [0, 0.05) is 30.0 Å². The van der Waals surface area contributed by atoms with Crippen LogP contribution in [0.3, 0.4) is 0 Å². The first-order chi connectivity index (χ1) is 15.0. The van der Waals surface area contributed by atoms with E-state index in [0.717, 1.165) is 54.6 Å². The summed E-state index contributed by atoms with van der Waals surface area (Å²) in [6.45, 7) is 7.13. The van der Waals surface area contributed by atoms with Crippen LogP contribution in [0.1, 0.15) is 27.9 Å². The smallest absolute Gasteiger partial charge is 0.251 e. The number of anilines is 2. The Labute approximate surface area is 188 Å². The van der Waals surface area contributed by atoms with E-state index in [1.807, 2.05) is 50.4 Å². The Balaban J connectivity index is 1.69. The van der Waals surface area contributed by atoms with Crippen LogP contribution in [0, 0.1) is 13.8 Å². The Bertz CT molecular complexity index is 913. The van der Waals surface area contributed by atoms with E-state index >= 15 is 0 Å². The lowest BCUT2D eigenvalue weighted by Gasteiger charge is -2.29. The number of hydrogen-bond acceptors (Lipinski definition) is 5. The molecule has 0 radical (unpaired) electrons. The van der Waals surface area contributed by atoms with Crippen LogP contribution in [-0.4, -0.2) is 56.2 Å². The molecule has 1 saturated heterocycles. The number of amides is 2. The first-order valence-corrected chi connectivity index (χ1v) is 12.0. The summed E-state index contributed by atoms with van der Waals surface area (Å²) in [5.74, 6) is 0.350. The van der Waals surface area contributed by atoms with Gasteiger partial charge >= 0.3 is 0 Å². The largest absolute Gasteiger partial charge is 0.378 e. The second kappa shape index (κ2) is 11.2. The van der Waals surface area contributed by atoms with Crippen molar-refractivity contribution in [1.29, 1.82) is 0 Å². The summed E-state index contributed by atoms with van der Waals surface area (Å²) in [7, 11) is 0. The van der Waals surface area contributed by atoms with Crippen LogP contribution >= 0.6 is 11.8 Å². The number of morpholine rings is 1. The van der Waals surface area contributed by atoms with E-state index in [4.69, 9.17) is 4.74 Å². The van der Waals surface area contributed by atoms with Gasteiger partial charge in [-0.2, -0.15) is 11.8 Å². The Hall–Kier alpha value is -2.51. The van der Waals surface area contributed by atoms with E-state index in [2.05, 4.69) is 21.6 Å². The standard InChI is InChI=1S/C24H31N3O3S/c1-17-5-4-6-19(15-17)23(28)26-22(9-14-31-3)24(29)25-21-8-7-20(16-18(21)2)27-10-12-30-13-11-27/h4-8,15-16,22H,9-14H2,1-3H3,(H,25,29)(H,26,28). The lowest BCUT2D eigenvalue weighted by Crippen LogP contribution is -2.44. The Morgan fingerprint density at radius 1 is 1.13 bits per heavy atom. The summed E-state index contributed by atoms with van der Waals surface area (Å²) >= 11 is 1.65. The molecule has 0 aliphatic carbocycles. The van der Waals surface area contributed by atoms with E-state index in [1.165, 1.54) is 0 Å². The van der Waals surface area contributed by atoms with Crippen LogP contribution in [0.5, 0.6) is 0 Å². The Morgan fingerprint density at radius 2 is 1.90 bits per heavy atom. The molecule has 1 fully saturated rings. The van der Waals surface area contributed by atoms with Gasteiger partial charge < -0.3 is 20.3 Å². The molecule has 2 N–H and O–H groups in total. The molecule has 1 unspecified atom stereocenters. The van der Waals surface area contributed by atoms with Crippen molar-refractivity contribution in [3.05, 3.63) is 59.2 Å². The highest BCUT2D eigenvalue weighted by Crippen LogP contribution is 2.24. The lowest BCUT2D eigenvalue weighted by molar-refractivity contribution is -0.118. The number of carbonyl (C=O) groups excluding carboxylic acids is 2. The molecule has 0 saturated carbocycles. The summed E-state index contributed by atoms with van der Waals surface area (Å²) < 4.78 is 5.42. The molecule has 2 aromatic carbocycles. The van der Waals surface area contributed by atoms with Gasteiger partial charge in [0.1, 0.15) is 6.04 Å². The zero-order valence-corrected chi connectivity index (χ0v) is 19.3. The van der Waals surface area contributed by atoms with Crippen molar-refractivity contribution in [2.24, 2.45) is 0 Å². The zero-order valence-electron chi connectivity index (χ0n) is 18.4. The van der Waals surface area contributed by atoms with E-state index in [0.29, 0.717) is 12.0 Å². The monoisotopic (exact) mass is 441 g/mol. The van der Waals surface area contributed by atoms with Gasteiger partial charge in [-0.25, -0.2) is 0 Å². The number of rotatable bonds is 8. The molecule has 0 spiro atoms. The van der Waals surface area contributed by atoms with Crippen LogP contribution in [0.15, 0.2) is 42.5 Å². The number of ether oxygens (including phenoxy) is 1. The van der Waals surface area contributed by atoms with Gasteiger partial charge in [0.15, 0.2) is 0 Å². The molecule has 166 valence electrons. The summed E-state index contributed by atoms with van der Waals surface area (Å²) in [5.41, 5.74) is 4.46. The van der Waals surface area contributed by atoms with Crippen molar-refractivity contribution in [1.82, 2.24) is 5.32 Å². The SMILES string of the molecule is CSCCC(NC(=O)c1cccc(C)c1)C(=O)Nc1ccc(N2CCOCC2)cc1C. The summed E-state index contributed by atoms with van der Waals surface area (Å²) in [5, 5.41) is 5.92. The predicted molar refractivity (Wildman–Crippen MR) is 128 cm³/mol. The van der Waals surface area contributed by atoms with Crippen LogP contribution < -0.4 is 15.5 Å². The number of nitrogens with one attached hydrogen (secondary N) is 2. The number of thioether (sulfide) groups is 1. The van der Waals surface area contributed by atoms with Gasteiger partial charge in [-0.1, -0.05) is 17.7 Å². The third-order valence-electron chi connectivity index (χ3n) is 5.36. The lowest BCUT2D eigenvalue weighted by atomic mass is 10.1. The number of carbonyl (C=O) groups is 2. The molecular weight excluding hydrogens is 410 g/mol. The number of hydrogen-bond donors (Lipinski definition) is 2. The summed E-state index contributed by atoms with van der Waals surface area (Å²) in [6, 6.07) is 12.8. The van der Waals surface area contributed by atoms with Crippen molar-refractivity contribution in [2.75, 3.05) is 48.5 Å². The minimum atomic E-state index is -0.598. The molecule has 3 rings (SSSR count). The fourth-order valence-electron chi connectivity index (χ4n) is 3.56. The second-order valence-corrected chi connectivity index (χ2v) is 8.75. The minimum Gasteiger partial charge on any atom is -0.378 e. The molecular formula is C24H31N3O3S. The van der Waals surface area contributed by atoms with Crippen molar-refractivity contribution < 1.29 is 14.3 Å². The molecule has 6 nitrogen and oxygen atoms in total. The maximum atomic E-state index is 13.0. The Kier molecular flexibility index (Phi) is 8.37. The maximum Gasteiger partial charge on any atom is 0.251 e. The zero-order chi connectivity index (χ0) is 22.2. The third-order valence-corrected chi connectivity index (χ3v) is 6.00. The molecule has 1 atom stereocenters. The maximum absolute atomic E-state index is 13.0. The normalized spacial score (nSPS) is 14.7. The van der Waals surface area contributed by atoms with Gasteiger partial charge in [0.25, 0.3) is 5.91 Å². The van der Waals surface area contributed by atoms with Crippen molar-refractivity contribution in [3.8, 4) is 0 Å². The first-order valence-electron chi connectivity index (χ1n) is 10.6. The highest BCUT2D eigenvalue weighted by molar-refractivity contribution is 7.98. The van der Waals surface area contributed by atoms with E-state index < -0.39 is 6.04 Å². The highest BCUT2D eigenvalue weighted by Gasteiger charge is 2.22. The van der Waals surface area contributed by atoms with Crippen LogP contribution in [0.25, 0.3) is 0 Å². The quantitative estimate of drug-likeness (QED) is 0.655. The molecule has 1 aliphatic heterocycles.